The fraction of sp³-hybridized carbons (Fsp3) is 0.333. The van der Waals surface area contributed by atoms with Gasteiger partial charge in [0.05, 0.1) is 17.0 Å². The first-order valence-electron chi connectivity index (χ1n) is 10.0. The first-order chi connectivity index (χ1) is 15.2. The number of hydrogen-bond donors (Lipinski definition) is 0. The molecular formula is C21H21F3N4O3S. The maximum Gasteiger partial charge on any atom is 0.417 e. The first kappa shape index (κ1) is 22.4. The molecule has 0 N–H and O–H groups in total. The Kier molecular flexibility index (Phi) is 6.31. The van der Waals surface area contributed by atoms with Crippen LogP contribution in [0.15, 0.2) is 64.0 Å². The highest BCUT2D eigenvalue weighted by molar-refractivity contribution is 7.89. The Bertz CT molecular complexity index is 1170. The molecule has 1 aromatic heterocycles. The van der Waals surface area contributed by atoms with Gasteiger partial charge in [0, 0.05) is 25.2 Å². The minimum absolute atomic E-state index is 0.0674. The Balaban J connectivity index is 1.45. The largest absolute Gasteiger partial charge is 0.417 e. The van der Waals surface area contributed by atoms with Crippen LogP contribution in [0.1, 0.15) is 17.8 Å². The molecule has 0 bridgehead atoms. The molecule has 0 saturated carbocycles. The number of nitrogens with zero attached hydrogens (tertiary/aromatic N) is 4. The summed E-state index contributed by atoms with van der Waals surface area (Å²) in [6.07, 6.45) is -4.28. The highest BCUT2D eigenvalue weighted by Gasteiger charge is 2.39. The first-order valence-corrected chi connectivity index (χ1v) is 11.5. The van der Waals surface area contributed by atoms with Crippen molar-refractivity contribution in [3.63, 3.8) is 0 Å². The average molecular weight is 466 g/mol. The third-order valence-corrected chi connectivity index (χ3v) is 7.17. The van der Waals surface area contributed by atoms with Crippen molar-refractivity contribution in [1.29, 1.82) is 0 Å². The van der Waals surface area contributed by atoms with Crippen LogP contribution in [0, 0.1) is 0 Å². The Morgan fingerprint density at radius 3 is 2.41 bits per heavy atom. The van der Waals surface area contributed by atoms with Crippen LogP contribution in [0.5, 0.6) is 0 Å². The van der Waals surface area contributed by atoms with Crippen molar-refractivity contribution in [3.05, 3.63) is 66.0 Å². The van der Waals surface area contributed by atoms with Gasteiger partial charge in [-0.1, -0.05) is 35.5 Å². The summed E-state index contributed by atoms with van der Waals surface area (Å²) < 4.78 is 72.4. The summed E-state index contributed by atoms with van der Waals surface area (Å²) in [6, 6.07) is 13.6. The Morgan fingerprint density at radius 2 is 1.66 bits per heavy atom. The molecule has 0 unspecified atom stereocenters. The van der Waals surface area contributed by atoms with Crippen LogP contribution in [0.2, 0.25) is 0 Å². The molecule has 11 heteroatoms. The summed E-state index contributed by atoms with van der Waals surface area (Å²) in [4.78, 5) is 5.63. The van der Waals surface area contributed by atoms with Crippen LogP contribution in [-0.2, 0) is 22.7 Å². The molecule has 0 atom stereocenters. The van der Waals surface area contributed by atoms with Crippen LogP contribution in [0.3, 0.4) is 0 Å². The van der Waals surface area contributed by atoms with Crippen molar-refractivity contribution in [1.82, 2.24) is 19.3 Å². The molecule has 1 saturated heterocycles. The molecule has 2 aromatic carbocycles. The molecule has 1 aliphatic heterocycles. The lowest BCUT2D eigenvalue weighted by Gasteiger charge is -2.23. The zero-order valence-electron chi connectivity index (χ0n) is 17.0. The minimum Gasteiger partial charge on any atom is -0.334 e. The van der Waals surface area contributed by atoms with Crippen molar-refractivity contribution in [2.45, 2.75) is 24.0 Å². The second-order valence-corrected chi connectivity index (χ2v) is 9.32. The maximum atomic E-state index is 13.3. The van der Waals surface area contributed by atoms with Gasteiger partial charge in [-0.15, -0.1) is 0 Å². The molecule has 2 heterocycles. The summed E-state index contributed by atoms with van der Waals surface area (Å²) >= 11 is 0. The normalized spacial score (nSPS) is 16.7. The molecule has 0 aliphatic carbocycles. The van der Waals surface area contributed by atoms with Gasteiger partial charge < -0.3 is 4.52 Å². The highest BCUT2D eigenvalue weighted by Crippen LogP contribution is 2.35. The van der Waals surface area contributed by atoms with E-state index < -0.39 is 26.7 Å². The number of hydrogen-bond acceptors (Lipinski definition) is 6. The predicted molar refractivity (Wildman–Crippen MR) is 110 cm³/mol. The monoisotopic (exact) mass is 466 g/mol. The summed E-state index contributed by atoms with van der Waals surface area (Å²) in [5.74, 6) is 0.853. The summed E-state index contributed by atoms with van der Waals surface area (Å²) in [6.45, 7) is 1.44. The zero-order valence-corrected chi connectivity index (χ0v) is 17.8. The van der Waals surface area contributed by atoms with Gasteiger partial charge in [-0.05, 0) is 37.2 Å². The fourth-order valence-electron chi connectivity index (χ4n) is 3.63. The predicted octanol–water partition coefficient (Wildman–Crippen LogP) is 3.65. The standard InChI is InChI=1S/C21H21F3N4O3S/c22-21(23,24)17-9-4-5-10-18(17)32(29,30)28-12-6-11-27(13-14-28)15-19-25-20(31-26-19)16-7-2-1-3-8-16/h1-5,7-10H,6,11-15H2. The van der Waals surface area contributed by atoms with E-state index in [9.17, 15) is 21.6 Å². The molecule has 7 nitrogen and oxygen atoms in total. The number of aromatic nitrogens is 2. The number of benzene rings is 2. The van der Waals surface area contributed by atoms with Gasteiger partial charge in [-0.2, -0.15) is 22.5 Å². The van der Waals surface area contributed by atoms with Gasteiger partial charge in [0.1, 0.15) is 0 Å². The Hall–Kier alpha value is -2.76. The van der Waals surface area contributed by atoms with E-state index in [0.717, 1.165) is 22.0 Å². The SMILES string of the molecule is O=S(=O)(c1ccccc1C(F)(F)F)N1CCCN(Cc2noc(-c3ccccc3)n2)CC1. The van der Waals surface area contributed by atoms with E-state index in [0.29, 0.717) is 37.8 Å². The van der Waals surface area contributed by atoms with Crippen molar-refractivity contribution in [2.24, 2.45) is 0 Å². The summed E-state index contributed by atoms with van der Waals surface area (Å²) in [7, 11) is -4.29. The lowest BCUT2D eigenvalue weighted by atomic mass is 10.2. The summed E-state index contributed by atoms with van der Waals surface area (Å²) in [5, 5.41) is 3.99. The quantitative estimate of drug-likeness (QED) is 0.571. The van der Waals surface area contributed by atoms with Gasteiger partial charge in [-0.3, -0.25) is 4.90 Å². The average Bonchev–Trinajstić information content (AvgIpc) is 3.11. The Labute approximate surface area is 183 Å². The van der Waals surface area contributed by atoms with Crippen molar-refractivity contribution in [3.8, 4) is 11.5 Å². The maximum absolute atomic E-state index is 13.3. The molecule has 32 heavy (non-hydrogen) atoms. The molecule has 0 spiro atoms. The second-order valence-electron chi connectivity index (χ2n) is 7.41. The smallest absolute Gasteiger partial charge is 0.334 e. The van der Waals surface area contributed by atoms with Gasteiger partial charge in [-0.25, -0.2) is 8.42 Å². The fourth-order valence-corrected chi connectivity index (χ4v) is 5.31. The van der Waals surface area contributed by atoms with Crippen LogP contribution in [0.4, 0.5) is 13.2 Å². The topological polar surface area (TPSA) is 79.5 Å². The lowest BCUT2D eigenvalue weighted by Crippen LogP contribution is -2.36. The molecule has 0 amide bonds. The molecular weight excluding hydrogens is 445 g/mol. The van der Waals surface area contributed by atoms with Gasteiger partial charge in [0.25, 0.3) is 5.89 Å². The van der Waals surface area contributed by atoms with Crippen LogP contribution in [0.25, 0.3) is 11.5 Å². The number of sulfonamides is 1. The Morgan fingerprint density at radius 1 is 0.938 bits per heavy atom. The van der Waals surface area contributed by atoms with E-state index in [1.807, 2.05) is 35.2 Å². The van der Waals surface area contributed by atoms with E-state index in [2.05, 4.69) is 10.1 Å². The van der Waals surface area contributed by atoms with Crippen LogP contribution < -0.4 is 0 Å². The highest BCUT2D eigenvalue weighted by atomic mass is 32.2. The third-order valence-electron chi connectivity index (χ3n) is 5.21. The minimum atomic E-state index is -4.75. The lowest BCUT2D eigenvalue weighted by molar-refractivity contribution is -0.139. The molecule has 4 rings (SSSR count). The third kappa shape index (κ3) is 4.84. The summed E-state index contributed by atoms with van der Waals surface area (Å²) in [5.41, 5.74) is -0.357. The molecule has 170 valence electrons. The molecule has 1 fully saturated rings. The van der Waals surface area contributed by atoms with Crippen molar-refractivity contribution in [2.75, 3.05) is 26.2 Å². The van der Waals surface area contributed by atoms with Gasteiger partial charge in [0.15, 0.2) is 5.82 Å². The molecule has 1 aliphatic rings. The number of rotatable bonds is 5. The number of alkyl halides is 3. The molecule has 0 radical (unpaired) electrons. The molecule has 3 aromatic rings. The van der Waals surface area contributed by atoms with Crippen molar-refractivity contribution >= 4 is 10.0 Å². The van der Waals surface area contributed by atoms with Gasteiger partial charge >= 0.3 is 6.18 Å². The zero-order chi connectivity index (χ0) is 22.8. The number of halogens is 3. The van der Waals surface area contributed by atoms with Crippen LogP contribution in [-0.4, -0.2) is 53.9 Å². The van der Waals surface area contributed by atoms with Crippen LogP contribution >= 0.6 is 0 Å². The van der Waals surface area contributed by atoms with E-state index in [-0.39, 0.29) is 13.1 Å². The second kappa shape index (κ2) is 9.00. The van der Waals surface area contributed by atoms with E-state index in [1.165, 1.54) is 12.1 Å². The van der Waals surface area contributed by atoms with E-state index >= 15 is 0 Å². The van der Waals surface area contributed by atoms with Crippen molar-refractivity contribution < 1.29 is 26.1 Å². The van der Waals surface area contributed by atoms with E-state index in [1.54, 1.807) is 0 Å². The van der Waals surface area contributed by atoms with Gasteiger partial charge in [0.2, 0.25) is 10.0 Å². The van der Waals surface area contributed by atoms with E-state index in [4.69, 9.17) is 4.52 Å².